The van der Waals surface area contributed by atoms with E-state index in [1.807, 2.05) is 6.92 Å². The molecule has 0 aliphatic heterocycles. The zero-order chi connectivity index (χ0) is 16.0. The van der Waals surface area contributed by atoms with Crippen LogP contribution < -0.4 is 15.8 Å². The van der Waals surface area contributed by atoms with Crippen molar-refractivity contribution in [1.82, 2.24) is 0 Å². The molecule has 7 heteroatoms. The minimum absolute atomic E-state index is 0.0734. The van der Waals surface area contributed by atoms with Gasteiger partial charge in [0, 0.05) is 6.07 Å². The van der Waals surface area contributed by atoms with Gasteiger partial charge < -0.3 is 20.9 Å². The second-order valence-electron chi connectivity index (χ2n) is 4.58. The van der Waals surface area contributed by atoms with Crippen LogP contribution in [0, 0.1) is 0 Å². The fourth-order valence-electron chi connectivity index (χ4n) is 1.77. The van der Waals surface area contributed by atoms with E-state index < -0.39 is 12.0 Å². The second-order valence-corrected chi connectivity index (χ2v) is 4.98. The Hall–Kier alpha value is -1.79. The lowest BCUT2D eigenvalue weighted by Crippen LogP contribution is -2.35. The van der Waals surface area contributed by atoms with E-state index in [1.165, 1.54) is 19.2 Å². The van der Waals surface area contributed by atoms with Gasteiger partial charge >= 0.3 is 5.97 Å². The number of ether oxygens (including phenoxy) is 1. The van der Waals surface area contributed by atoms with E-state index in [0.717, 1.165) is 12.8 Å². The Morgan fingerprint density at radius 1 is 1.48 bits per heavy atom. The third kappa shape index (κ3) is 4.61. The second kappa shape index (κ2) is 7.85. The molecule has 6 nitrogen and oxygen atoms in total. The number of carboxylic acid groups (broad SMARTS) is 1. The van der Waals surface area contributed by atoms with Gasteiger partial charge in [-0.3, -0.25) is 4.79 Å². The first-order chi connectivity index (χ1) is 9.90. The van der Waals surface area contributed by atoms with E-state index in [2.05, 4.69) is 5.32 Å². The number of benzene rings is 1. The number of aromatic carboxylic acids is 1. The molecule has 1 amide bonds. The Kier molecular flexibility index (Phi) is 6.45. The number of carboxylic acids is 1. The predicted octanol–water partition coefficient (Wildman–Crippen LogP) is 2.50. The fraction of sp³-hybridized carbons (Fsp3) is 0.429. The Morgan fingerprint density at radius 3 is 2.67 bits per heavy atom. The molecule has 0 heterocycles. The summed E-state index contributed by atoms with van der Waals surface area (Å²) in [6.45, 7) is 2.01. The summed E-state index contributed by atoms with van der Waals surface area (Å²) in [5.74, 6) is -1.41. The average molecular weight is 315 g/mol. The summed E-state index contributed by atoms with van der Waals surface area (Å²) in [4.78, 5) is 23.0. The molecular formula is C14H19ClN2O4. The molecule has 0 aromatic heterocycles. The van der Waals surface area contributed by atoms with Gasteiger partial charge in [-0.05, 0) is 12.5 Å². The molecule has 0 radical (unpaired) electrons. The summed E-state index contributed by atoms with van der Waals surface area (Å²) < 4.78 is 4.99. The molecule has 1 aromatic rings. The normalized spacial score (nSPS) is 11.8. The first kappa shape index (κ1) is 17.3. The smallest absolute Gasteiger partial charge is 0.339 e. The van der Waals surface area contributed by atoms with Crippen molar-refractivity contribution in [2.24, 2.45) is 5.73 Å². The van der Waals surface area contributed by atoms with Gasteiger partial charge in [-0.15, -0.1) is 0 Å². The monoisotopic (exact) mass is 314 g/mol. The van der Waals surface area contributed by atoms with Crippen LogP contribution in [0.2, 0.25) is 5.02 Å². The van der Waals surface area contributed by atoms with E-state index in [9.17, 15) is 9.59 Å². The number of nitrogens with two attached hydrogens (primary N) is 1. The molecule has 0 spiro atoms. The molecular weight excluding hydrogens is 296 g/mol. The van der Waals surface area contributed by atoms with Gasteiger partial charge in [0.25, 0.3) is 0 Å². The highest BCUT2D eigenvalue weighted by Crippen LogP contribution is 2.31. The maximum absolute atomic E-state index is 11.9. The molecule has 0 saturated heterocycles. The topological polar surface area (TPSA) is 102 Å². The minimum Gasteiger partial charge on any atom is -0.496 e. The summed E-state index contributed by atoms with van der Waals surface area (Å²) in [6, 6.07) is 1.97. The van der Waals surface area contributed by atoms with Crippen molar-refractivity contribution in [2.45, 2.75) is 32.2 Å². The van der Waals surface area contributed by atoms with Gasteiger partial charge in [0.2, 0.25) is 5.91 Å². The van der Waals surface area contributed by atoms with Crippen molar-refractivity contribution in [1.29, 1.82) is 0 Å². The van der Waals surface area contributed by atoms with Crippen LogP contribution in [0.4, 0.5) is 5.69 Å². The Balaban J connectivity index is 2.93. The highest BCUT2D eigenvalue weighted by atomic mass is 35.5. The van der Waals surface area contributed by atoms with E-state index in [-0.39, 0.29) is 27.9 Å². The SMILES string of the molecule is CCCCC(N)C(=O)Nc1cc(OC)c(C(=O)O)cc1Cl. The molecule has 1 rings (SSSR count). The lowest BCUT2D eigenvalue weighted by molar-refractivity contribution is -0.117. The first-order valence-corrected chi connectivity index (χ1v) is 6.95. The van der Waals surface area contributed by atoms with Gasteiger partial charge in [-0.1, -0.05) is 31.4 Å². The molecule has 21 heavy (non-hydrogen) atoms. The third-order valence-electron chi connectivity index (χ3n) is 2.98. The van der Waals surface area contributed by atoms with Gasteiger partial charge in [-0.2, -0.15) is 0 Å². The summed E-state index contributed by atoms with van der Waals surface area (Å²) in [6.07, 6.45) is 2.37. The number of nitrogens with one attached hydrogen (secondary N) is 1. The van der Waals surface area contributed by atoms with Crippen LogP contribution in [0.5, 0.6) is 5.75 Å². The molecule has 0 bridgehead atoms. The summed E-state index contributed by atoms with van der Waals surface area (Å²) >= 11 is 5.98. The van der Waals surface area contributed by atoms with E-state index in [4.69, 9.17) is 27.2 Å². The van der Waals surface area contributed by atoms with Gasteiger partial charge in [0.15, 0.2) is 0 Å². The van der Waals surface area contributed by atoms with Crippen LogP contribution in [0.15, 0.2) is 12.1 Å². The average Bonchev–Trinajstić information content (AvgIpc) is 2.45. The van der Waals surface area contributed by atoms with Crippen molar-refractivity contribution < 1.29 is 19.4 Å². The Morgan fingerprint density at radius 2 is 2.14 bits per heavy atom. The van der Waals surface area contributed by atoms with Gasteiger partial charge in [0.1, 0.15) is 11.3 Å². The fourth-order valence-corrected chi connectivity index (χ4v) is 1.98. The number of methoxy groups -OCH3 is 1. The number of anilines is 1. The molecule has 116 valence electrons. The van der Waals surface area contributed by atoms with Gasteiger partial charge in [0.05, 0.1) is 23.9 Å². The van der Waals surface area contributed by atoms with Crippen LogP contribution in [-0.2, 0) is 4.79 Å². The molecule has 1 unspecified atom stereocenters. The van der Waals surface area contributed by atoms with E-state index >= 15 is 0 Å². The third-order valence-corrected chi connectivity index (χ3v) is 3.30. The molecule has 1 atom stereocenters. The number of carbonyl (C=O) groups excluding carboxylic acids is 1. The largest absolute Gasteiger partial charge is 0.496 e. The van der Waals surface area contributed by atoms with Crippen molar-refractivity contribution in [3.8, 4) is 5.75 Å². The summed E-state index contributed by atoms with van der Waals surface area (Å²) in [7, 11) is 1.34. The van der Waals surface area contributed by atoms with E-state index in [1.54, 1.807) is 0 Å². The lowest BCUT2D eigenvalue weighted by atomic mass is 10.1. The standard InChI is InChI=1S/C14H19ClN2O4/c1-3-4-5-10(16)13(18)17-11-7-12(21-2)8(14(19)20)6-9(11)15/h6-7,10H,3-5,16H2,1-2H3,(H,17,18)(H,19,20). The number of amides is 1. The molecule has 0 fully saturated rings. The van der Waals surface area contributed by atoms with Crippen LogP contribution in [-0.4, -0.2) is 30.1 Å². The highest BCUT2D eigenvalue weighted by Gasteiger charge is 2.18. The Bertz CT molecular complexity index is 534. The van der Waals surface area contributed by atoms with Crippen molar-refractivity contribution in [2.75, 3.05) is 12.4 Å². The highest BCUT2D eigenvalue weighted by molar-refractivity contribution is 6.34. The summed E-state index contributed by atoms with van der Waals surface area (Å²) in [5.41, 5.74) is 5.97. The molecule has 0 saturated carbocycles. The maximum Gasteiger partial charge on any atom is 0.339 e. The molecule has 0 aliphatic carbocycles. The molecule has 1 aromatic carbocycles. The van der Waals surface area contributed by atoms with Crippen LogP contribution in [0.1, 0.15) is 36.5 Å². The molecule has 4 N–H and O–H groups in total. The Labute approximate surface area is 128 Å². The number of carbonyl (C=O) groups is 2. The quantitative estimate of drug-likeness (QED) is 0.717. The van der Waals surface area contributed by atoms with Gasteiger partial charge in [-0.25, -0.2) is 4.79 Å². The zero-order valence-corrected chi connectivity index (χ0v) is 12.7. The number of hydrogen-bond acceptors (Lipinski definition) is 4. The van der Waals surface area contributed by atoms with E-state index in [0.29, 0.717) is 6.42 Å². The van der Waals surface area contributed by atoms with Crippen LogP contribution >= 0.6 is 11.6 Å². The van der Waals surface area contributed by atoms with Crippen LogP contribution in [0.25, 0.3) is 0 Å². The zero-order valence-electron chi connectivity index (χ0n) is 12.0. The first-order valence-electron chi connectivity index (χ1n) is 6.58. The number of rotatable bonds is 7. The minimum atomic E-state index is -1.16. The predicted molar refractivity (Wildman–Crippen MR) is 81.1 cm³/mol. The lowest BCUT2D eigenvalue weighted by Gasteiger charge is -2.14. The van der Waals surface area contributed by atoms with Crippen LogP contribution in [0.3, 0.4) is 0 Å². The maximum atomic E-state index is 11.9. The number of unbranched alkanes of at least 4 members (excludes halogenated alkanes) is 1. The number of halogens is 1. The summed E-state index contributed by atoms with van der Waals surface area (Å²) in [5, 5.41) is 11.7. The number of hydrogen-bond donors (Lipinski definition) is 3. The van der Waals surface area contributed by atoms with Crippen molar-refractivity contribution in [3.05, 3.63) is 22.7 Å². The van der Waals surface area contributed by atoms with Crippen molar-refractivity contribution in [3.63, 3.8) is 0 Å². The van der Waals surface area contributed by atoms with Crippen molar-refractivity contribution >= 4 is 29.2 Å². The molecule has 0 aliphatic rings.